The van der Waals surface area contributed by atoms with E-state index in [2.05, 4.69) is 9.68 Å². The van der Waals surface area contributed by atoms with Crippen LogP contribution in [0.1, 0.15) is 37.8 Å². The SMILES string of the molecule is O=C(CCC1CCCCO1)NS(=O)(=O)Cc1ccon1. The van der Waals surface area contributed by atoms with Crippen LogP contribution in [0.25, 0.3) is 0 Å². The average molecular weight is 302 g/mol. The molecule has 1 aliphatic heterocycles. The molecule has 1 saturated heterocycles. The van der Waals surface area contributed by atoms with Crippen LogP contribution in [0.4, 0.5) is 0 Å². The summed E-state index contributed by atoms with van der Waals surface area (Å²) >= 11 is 0. The summed E-state index contributed by atoms with van der Waals surface area (Å²) in [6.45, 7) is 0.719. The maximum atomic E-state index is 11.7. The van der Waals surface area contributed by atoms with E-state index in [-0.39, 0.29) is 24.0 Å². The van der Waals surface area contributed by atoms with E-state index in [0.717, 1.165) is 25.9 Å². The normalized spacial score (nSPS) is 19.7. The Kier molecular flexibility index (Phi) is 5.13. The summed E-state index contributed by atoms with van der Waals surface area (Å²) in [7, 11) is -3.72. The Morgan fingerprint density at radius 1 is 1.45 bits per heavy atom. The highest BCUT2D eigenvalue weighted by molar-refractivity contribution is 7.89. The van der Waals surface area contributed by atoms with Crippen LogP contribution in [-0.2, 0) is 25.3 Å². The Labute approximate surface area is 117 Å². The summed E-state index contributed by atoms with van der Waals surface area (Å²) in [5.74, 6) is -0.877. The second-order valence-corrected chi connectivity index (χ2v) is 6.52. The molecule has 0 bridgehead atoms. The first kappa shape index (κ1) is 15.0. The molecular formula is C12H18N2O5S. The van der Waals surface area contributed by atoms with Crippen molar-refractivity contribution in [1.82, 2.24) is 9.88 Å². The quantitative estimate of drug-likeness (QED) is 0.840. The van der Waals surface area contributed by atoms with Gasteiger partial charge in [0.25, 0.3) is 0 Å². The van der Waals surface area contributed by atoms with Gasteiger partial charge in [-0.05, 0) is 25.7 Å². The van der Waals surface area contributed by atoms with Gasteiger partial charge in [0, 0.05) is 19.1 Å². The number of aromatic nitrogens is 1. The molecule has 1 unspecified atom stereocenters. The van der Waals surface area contributed by atoms with Crippen LogP contribution >= 0.6 is 0 Å². The maximum absolute atomic E-state index is 11.7. The number of amides is 1. The smallest absolute Gasteiger partial charge is 0.240 e. The fourth-order valence-electron chi connectivity index (χ4n) is 2.09. The Bertz CT molecular complexity index is 520. The number of carbonyl (C=O) groups is 1. The predicted octanol–water partition coefficient (Wildman–Crippen LogP) is 0.970. The van der Waals surface area contributed by atoms with E-state index in [1.165, 1.54) is 12.3 Å². The molecule has 0 aliphatic carbocycles. The molecule has 8 heteroatoms. The molecule has 1 aliphatic rings. The molecule has 112 valence electrons. The van der Waals surface area contributed by atoms with Gasteiger partial charge in [-0.15, -0.1) is 0 Å². The second kappa shape index (κ2) is 6.85. The molecule has 2 rings (SSSR count). The third-order valence-electron chi connectivity index (χ3n) is 3.07. The Morgan fingerprint density at radius 2 is 2.30 bits per heavy atom. The van der Waals surface area contributed by atoms with Gasteiger partial charge >= 0.3 is 0 Å². The molecule has 1 atom stereocenters. The molecule has 1 aromatic rings. The number of rotatable bonds is 6. The number of carbonyl (C=O) groups excluding carboxylic acids is 1. The first-order chi connectivity index (χ1) is 9.55. The van der Waals surface area contributed by atoms with Gasteiger partial charge in [0.2, 0.25) is 15.9 Å². The van der Waals surface area contributed by atoms with E-state index in [1.54, 1.807) is 0 Å². The summed E-state index contributed by atoms with van der Waals surface area (Å²) in [5.41, 5.74) is 0.265. The fourth-order valence-corrected chi connectivity index (χ4v) is 3.15. The highest BCUT2D eigenvalue weighted by Crippen LogP contribution is 2.16. The maximum Gasteiger partial charge on any atom is 0.240 e. The van der Waals surface area contributed by atoms with Gasteiger partial charge in [0.1, 0.15) is 17.7 Å². The molecule has 1 N–H and O–H groups in total. The molecule has 1 aromatic heterocycles. The zero-order valence-electron chi connectivity index (χ0n) is 11.1. The third kappa shape index (κ3) is 4.93. The third-order valence-corrected chi connectivity index (χ3v) is 4.28. The number of sulfonamides is 1. The highest BCUT2D eigenvalue weighted by Gasteiger charge is 2.19. The van der Waals surface area contributed by atoms with Crippen LogP contribution in [0.15, 0.2) is 16.9 Å². The molecule has 1 amide bonds. The van der Waals surface area contributed by atoms with Gasteiger partial charge in [0.15, 0.2) is 0 Å². The van der Waals surface area contributed by atoms with E-state index in [0.29, 0.717) is 6.42 Å². The number of hydrogen-bond acceptors (Lipinski definition) is 6. The van der Waals surface area contributed by atoms with Crippen LogP contribution in [0.5, 0.6) is 0 Å². The van der Waals surface area contributed by atoms with Crippen LogP contribution in [0.2, 0.25) is 0 Å². The molecule has 20 heavy (non-hydrogen) atoms. The van der Waals surface area contributed by atoms with Crippen molar-refractivity contribution in [3.05, 3.63) is 18.0 Å². The van der Waals surface area contributed by atoms with Crippen LogP contribution in [0.3, 0.4) is 0 Å². The zero-order chi connectivity index (χ0) is 14.4. The van der Waals surface area contributed by atoms with Crippen LogP contribution in [-0.4, -0.2) is 32.2 Å². The standard InChI is InChI=1S/C12H18N2O5S/c15-12(5-4-11-3-1-2-7-18-11)14-20(16,17)9-10-6-8-19-13-10/h6,8,11H,1-5,7,9H2,(H,14,15). The molecule has 0 spiro atoms. The topological polar surface area (TPSA) is 98.5 Å². The van der Waals surface area contributed by atoms with Crippen molar-refractivity contribution < 1.29 is 22.5 Å². The van der Waals surface area contributed by atoms with Crippen molar-refractivity contribution in [2.45, 2.75) is 44.0 Å². The number of nitrogens with one attached hydrogen (secondary N) is 1. The van der Waals surface area contributed by atoms with Crippen LogP contribution in [0, 0.1) is 0 Å². The lowest BCUT2D eigenvalue weighted by Gasteiger charge is -2.22. The van der Waals surface area contributed by atoms with Crippen LogP contribution < -0.4 is 4.72 Å². The molecule has 1 fully saturated rings. The second-order valence-electron chi connectivity index (χ2n) is 4.80. The van der Waals surface area contributed by atoms with E-state index in [4.69, 9.17) is 4.74 Å². The van der Waals surface area contributed by atoms with Crippen molar-refractivity contribution in [1.29, 1.82) is 0 Å². The summed E-state index contributed by atoms with van der Waals surface area (Å²) in [6, 6.07) is 1.44. The van der Waals surface area contributed by atoms with E-state index >= 15 is 0 Å². The van der Waals surface area contributed by atoms with Gasteiger partial charge < -0.3 is 9.26 Å². The minimum absolute atomic E-state index is 0.0627. The largest absolute Gasteiger partial charge is 0.378 e. The zero-order valence-corrected chi connectivity index (χ0v) is 11.9. The summed E-state index contributed by atoms with van der Waals surface area (Å²) in [5, 5.41) is 3.50. The Balaban J connectivity index is 1.75. The molecule has 7 nitrogen and oxygen atoms in total. The fraction of sp³-hybridized carbons (Fsp3) is 0.667. The van der Waals surface area contributed by atoms with E-state index < -0.39 is 15.9 Å². The van der Waals surface area contributed by atoms with Crippen molar-refractivity contribution in [3.8, 4) is 0 Å². The van der Waals surface area contributed by atoms with Gasteiger partial charge in [-0.1, -0.05) is 5.16 Å². The number of ether oxygens (including phenoxy) is 1. The highest BCUT2D eigenvalue weighted by atomic mass is 32.2. The number of hydrogen-bond donors (Lipinski definition) is 1. The molecular weight excluding hydrogens is 284 g/mol. The summed E-state index contributed by atoms with van der Waals surface area (Å²) in [4.78, 5) is 11.6. The monoisotopic (exact) mass is 302 g/mol. The summed E-state index contributed by atoms with van der Waals surface area (Å²) < 4.78 is 35.5. The molecule has 0 radical (unpaired) electrons. The van der Waals surface area contributed by atoms with Crippen molar-refractivity contribution in [2.75, 3.05) is 6.61 Å². The first-order valence-electron chi connectivity index (χ1n) is 6.59. The lowest BCUT2D eigenvalue weighted by molar-refractivity contribution is -0.120. The van der Waals surface area contributed by atoms with E-state index in [1.807, 2.05) is 4.72 Å². The Hall–Kier alpha value is -1.41. The van der Waals surface area contributed by atoms with Gasteiger partial charge in [-0.2, -0.15) is 0 Å². The van der Waals surface area contributed by atoms with Crippen molar-refractivity contribution in [2.24, 2.45) is 0 Å². The summed E-state index contributed by atoms with van der Waals surface area (Å²) in [6.07, 6.45) is 5.11. The van der Waals surface area contributed by atoms with Gasteiger partial charge in [-0.3, -0.25) is 9.52 Å². The van der Waals surface area contributed by atoms with Crippen molar-refractivity contribution in [3.63, 3.8) is 0 Å². The van der Waals surface area contributed by atoms with Gasteiger partial charge in [0.05, 0.1) is 6.10 Å². The molecule has 0 aromatic carbocycles. The molecule has 0 saturated carbocycles. The lowest BCUT2D eigenvalue weighted by Crippen LogP contribution is -2.32. The first-order valence-corrected chi connectivity index (χ1v) is 8.24. The Morgan fingerprint density at radius 3 is 2.95 bits per heavy atom. The van der Waals surface area contributed by atoms with Crippen molar-refractivity contribution >= 4 is 15.9 Å². The number of nitrogens with zero attached hydrogens (tertiary/aromatic N) is 1. The van der Waals surface area contributed by atoms with Gasteiger partial charge in [-0.25, -0.2) is 8.42 Å². The lowest BCUT2D eigenvalue weighted by atomic mass is 10.0. The van der Waals surface area contributed by atoms with E-state index in [9.17, 15) is 13.2 Å². The minimum Gasteiger partial charge on any atom is -0.378 e. The minimum atomic E-state index is -3.72. The molecule has 2 heterocycles. The predicted molar refractivity (Wildman–Crippen MR) is 70.1 cm³/mol. The average Bonchev–Trinajstić information content (AvgIpc) is 2.89.